The van der Waals surface area contributed by atoms with Crippen LogP contribution in [0.25, 0.3) is 0 Å². The summed E-state index contributed by atoms with van der Waals surface area (Å²) in [6.45, 7) is -0.794. The molecular weight excluding hydrogens is 594 g/mol. The Morgan fingerprint density at radius 3 is 1.12 bits per heavy atom. The molecule has 0 spiro atoms. The van der Waals surface area contributed by atoms with Crippen molar-refractivity contribution in [1.82, 2.24) is 0 Å². The fraction of sp³-hybridized carbons (Fsp3) is 0.154. The molecule has 0 fully saturated rings. The van der Waals surface area contributed by atoms with Crippen LogP contribution in [0.4, 0.5) is 0 Å². The van der Waals surface area contributed by atoms with Gasteiger partial charge in [0.25, 0.3) is 0 Å². The van der Waals surface area contributed by atoms with Gasteiger partial charge in [-0.2, -0.15) is 15.9 Å². The van der Waals surface area contributed by atoms with Gasteiger partial charge in [-0.15, -0.1) is 0 Å². The predicted molar refractivity (Wildman–Crippen MR) is 126 cm³/mol. The molecule has 0 radical (unpaired) electrons. The summed E-state index contributed by atoms with van der Waals surface area (Å²) in [7, 11) is -9.57. The van der Waals surface area contributed by atoms with E-state index in [0.717, 1.165) is 0 Å². The Hall–Kier alpha value is 1.00. The zero-order valence-corrected chi connectivity index (χ0v) is 32.7. The van der Waals surface area contributed by atoms with Crippen molar-refractivity contribution in [2.75, 3.05) is 25.5 Å². The molecule has 3 aromatic carbocycles. The van der Waals surface area contributed by atoms with Crippen LogP contribution >= 0.6 is 15.9 Å². The molecule has 0 amide bonds. The molecule has 0 bridgehead atoms. The van der Waals surface area contributed by atoms with Crippen LogP contribution in [0.3, 0.4) is 0 Å². The summed E-state index contributed by atoms with van der Waals surface area (Å²) < 4.78 is 11.1. The standard InChI is InChI=1S/C26H24O8P2.4Na/c27-35(28,29)17-15-33-25-20-24(14-12-22-9-5-2-6-10-22)26(34-16-18-36(30,31)32)19-23(25)13-11-21-7-3-1-4-8-21;;;;/h1-10,19-20H,15-18H2,(H2,27,28,29)(H2,30,31,32);;;;/q;4*+1/p-4. The molecule has 0 unspecified atom stereocenters. The minimum atomic E-state index is -4.79. The second-order valence-electron chi connectivity index (χ2n) is 7.44. The first-order valence-electron chi connectivity index (χ1n) is 10.7. The maximum atomic E-state index is 11.0. The van der Waals surface area contributed by atoms with Crippen molar-refractivity contribution in [1.29, 1.82) is 0 Å². The van der Waals surface area contributed by atoms with Crippen LogP contribution in [0, 0.1) is 23.7 Å². The molecule has 0 saturated carbocycles. The summed E-state index contributed by atoms with van der Waals surface area (Å²) in [5.74, 6) is 12.1. The fourth-order valence-corrected chi connectivity index (χ4v) is 3.48. The minimum Gasteiger partial charge on any atom is -0.688 e. The number of ether oxygens (including phenoxy) is 2. The van der Waals surface area contributed by atoms with Crippen molar-refractivity contribution in [2.45, 2.75) is 0 Å². The van der Waals surface area contributed by atoms with Gasteiger partial charge in [-0.3, -0.25) is 0 Å². The van der Waals surface area contributed by atoms with Crippen molar-refractivity contribution >= 4 is 15.9 Å². The van der Waals surface area contributed by atoms with Crippen molar-refractivity contribution in [3.05, 3.63) is 95.1 Å². The first-order chi connectivity index (χ1) is 17.1. The molecule has 8 nitrogen and oxygen atoms in total. The van der Waals surface area contributed by atoms with E-state index >= 15 is 0 Å². The molecular formula is C26H20Na4O8P2. The minimum absolute atomic E-state index is 0. The third-order valence-electron chi connectivity index (χ3n) is 4.56. The van der Waals surface area contributed by atoms with Crippen LogP contribution in [0.1, 0.15) is 22.3 Å². The molecule has 186 valence electrons. The molecule has 0 heterocycles. The molecule has 3 rings (SSSR count). The van der Waals surface area contributed by atoms with Gasteiger partial charge < -0.3 is 38.8 Å². The Bertz CT molecular complexity index is 1180. The van der Waals surface area contributed by atoms with Crippen molar-refractivity contribution in [3.63, 3.8) is 0 Å². The van der Waals surface area contributed by atoms with E-state index < -0.39 is 41.4 Å². The Morgan fingerprint density at radius 2 is 0.825 bits per heavy atom. The van der Waals surface area contributed by atoms with Gasteiger partial charge in [0, 0.05) is 23.3 Å². The van der Waals surface area contributed by atoms with Crippen molar-refractivity contribution in [3.8, 4) is 35.2 Å². The monoisotopic (exact) mass is 614 g/mol. The van der Waals surface area contributed by atoms with Gasteiger partial charge in [-0.1, -0.05) is 60.1 Å². The molecule has 0 aromatic heterocycles. The normalized spacial score (nSPS) is 9.95. The second kappa shape index (κ2) is 21.7. The molecule has 0 aliphatic carbocycles. The molecule has 0 saturated heterocycles. The van der Waals surface area contributed by atoms with E-state index in [9.17, 15) is 29.4 Å². The number of hydrogen-bond donors (Lipinski definition) is 0. The van der Waals surface area contributed by atoms with Crippen molar-refractivity contribution in [2.24, 2.45) is 0 Å². The second-order valence-corrected chi connectivity index (χ2v) is 10.8. The van der Waals surface area contributed by atoms with Crippen LogP contribution < -0.4 is 157 Å². The average molecular weight is 614 g/mol. The molecule has 0 aliphatic rings. The SMILES string of the molecule is [Na+].[Na+].[Na+].[Na+].[O-][P+]([O-])([O-])CCOc1cc(C#Cc2ccccc2)c(OCC[P+]([O-])([O-])[O-])cc1C#Cc1ccccc1. The number of rotatable bonds is 8. The average Bonchev–Trinajstić information content (AvgIpc) is 2.82. The maximum Gasteiger partial charge on any atom is 1.00 e. The van der Waals surface area contributed by atoms with Gasteiger partial charge in [0.1, 0.15) is 24.7 Å². The molecule has 0 aliphatic heterocycles. The van der Waals surface area contributed by atoms with E-state index in [1.165, 1.54) is 12.1 Å². The number of hydrogen-bond acceptors (Lipinski definition) is 8. The van der Waals surface area contributed by atoms with Gasteiger partial charge in [-0.05, 0) is 24.3 Å². The van der Waals surface area contributed by atoms with Gasteiger partial charge in [0.15, 0.2) is 0 Å². The first kappa shape index (κ1) is 43.1. The van der Waals surface area contributed by atoms with E-state index in [2.05, 4.69) is 23.7 Å². The summed E-state index contributed by atoms with van der Waals surface area (Å²) in [6, 6.07) is 21.0. The third-order valence-corrected chi connectivity index (χ3v) is 6.02. The predicted octanol–water partition coefficient (Wildman–Crippen LogP) is -13.1. The van der Waals surface area contributed by atoms with Crippen LogP contribution in [0.2, 0.25) is 0 Å². The summed E-state index contributed by atoms with van der Waals surface area (Å²) in [5.41, 5.74) is 1.97. The fourth-order valence-electron chi connectivity index (χ4n) is 2.85. The van der Waals surface area contributed by atoms with E-state index in [1.54, 1.807) is 24.3 Å². The van der Waals surface area contributed by atoms with Gasteiger partial charge in [0.2, 0.25) is 0 Å². The Morgan fingerprint density at radius 1 is 0.500 bits per heavy atom. The largest absolute Gasteiger partial charge is 1.00 e. The molecule has 40 heavy (non-hydrogen) atoms. The van der Waals surface area contributed by atoms with E-state index in [1.807, 2.05) is 36.4 Å². The zero-order valence-electron chi connectivity index (χ0n) is 22.9. The van der Waals surface area contributed by atoms with Gasteiger partial charge in [-0.25, -0.2) is 0 Å². The quantitative estimate of drug-likeness (QED) is 0.138. The Kier molecular flexibility index (Phi) is 23.4. The maximum absolute atomic E-state index is 11.0. The smallest absolute Gasteiger partial charge is 0.688 e. The van der Waals surface area contributed by atoms with E-state index in [4.69, 9.17) is 9.47 Å². The summed E-state index contributed by atoms with van der Waals surface area (Å²) in [4.78, 5) is 66.3. The third kappa shape index (κ3) is 17.3. The van der Waals surface area contributed by atoms with E-state index in [-0.39, 0.29) is 141 Å². The first-order valence-corrected chi connectivity index (χ1v) is 14.1. The summed E-state index contributed by atoms with van der Waals surface area (Å²) in [5, 5.41) is 0. The Labute approximate surface area is 324 Å². The van der Waals surface area contributed by atoms with Crippen LogP contribution in [-0.4, -0.2) is 25.5 Å². The molecule has 0 N–H and O–H groups in total. The summed E-state index contributed by atoms with van der Waals surface area (Å²) in [6.07, 6.45) is -1.44. The topological polar surface area (TPSA) is 157 Å². The zero-order chi connectivity index (χ0) is 26.0. The molecule has 3 aromatic rings. The van der Waals surface area contributed by atoms with Crippen molar-refractivity contribution < 1.29 is 157 Å². The van der Waals surface area contributed by atoms with Crippen LogP contribution in [0.15, 0.2) is 72.8 Å². The van der Waals surface area contributed by atoms with Crippen LogP contribution in [0.5, 0.6) is 11.5 Å². The van der Waals surface area contributed by atoms with Gasteiger partial charge in [0.05, 0.1) is 23.5 Å². The molecule has 0 atom stereocenters. The Balaban J connectivity index is 0. The van der Waals surface area contributed by atoms with Crippen LogP contribution in [-0.2, 0) is 0 Å². The van der Waals surface area contributed by atoms with Gasteiger partial charge >= 0.3 is 118 Å². The van der Waals surface area contributed by atoms with E-state index in [0.29, 0.717) is 11.1 Å². The summed E-state index contributed by atoms with van der Waals surface area (Å²) >= 11 is 0. The molecule has 14 heteroatoms. The number of benzene rings is 3.